The maximum atomic E-state index is 12.4. The van der Waals surface area contributed by atoms with Crippen molar-refractivity contribution in [1.82, 2.24) is 9.62 Å². The minimum atomic E-state index is -3.50. The van der Waals surface area contributed by atoms with E-state index in [-0.39, 0.29) is 17.9 Å². The van der Waals surface area contributed by atoms with Gasteiger partial charge >= 0.3 is 0 Å². The van der Waals surface area contributed by atoms with Gasteiger partial charge < -0.3 is 14.4 Å². The van der Waals surface area contributed by atoms with Crippen LogP contribution in [0.3, 0.4) is 0 Å². The first kappa shape index (κ1) is 19.6. The SMILES string of the molecule is CN(C)CCO[C@H]1CCOC[C@H]1NS(=O)(=O)Cc1cccc(Cl)c1. The molecule has 1 N–H and O–H groups in total. The summed E-state index contributed by atoms with van der Waals surface area (Å²) in [7, 11) is 0.437. The zero-order valence-electron chi connectivity index (χ0n) is 14.1. The van der Waals surface area contributed by atoms with Crippen LogP contribution in [-0.2, 0) is 25.2 Å². The number of halogens is 1. The van der Waals surface area contributed by atoms with E-state index in [9.17, 15) is 8.42 Å². The molecule has 6 nitrogen and oxygen atoms in total. The van der Waals surface area contributed by atoms with E-state index in [1.54, 1.807) is 24.3 Å². The Morgan fingerprint density at radius 3 is 2.92 bits per heavy atom. The van der Waals surface area contributed by atoms with Gasteiger partial charge in [-0.2, -0.15) is 0 Å². The molecule has 0 radical (unpaired) electrons. The second-order valence-electron chi connectivity index (χ2n) is 6.19. The van der Waals surface area contributed by atoms with Crippen LogP contribution in [0.4, 0.5) is 0 Å². The van der Waals surface area contributed by atoms with Crippen molar-refractivity contribution in [2.24, 2.45) is 0 Å². The van der Waals surface area contributed by atoms with Gasteiger partial charge in [-0.1, -0.05) is 23.7 Å². The fourth-order valence-electron chi connectivity index (χ4n) is 2.53. The normalized spacial score (nSPS) is 22.0. The highest BCUT2D eigenvalue weighted by molar-refractivity contribution is 7.88. The molecule has 1 aliphatic rings. The highest BCUT2D eigenvalue weighted by Gasteiger charge is 2.30. The Morgan fingerprint density at radius 1 is 1.42 bits per heavy atom. The van der Waals surface area contributed by atoms with Crippen molar-refractivity contribution in [3.8, 4) is 0 Å². The smallest absolute Gasteiger partial charge is 0.216 e. The second kappa shape index (κ2) is 9.12. The predicted octanol–water partition coefficient (Wildman–Crippen LogP) is 1.50. The fourth-order valence-corrected chi connectivity index (χ4v) is 4.13. The maximum absolute atomic E-state index is 12.4. The molecule has 0 unspecified atom stereocenters. The molecule has 1 aromatic carbocycles. The van der Waals surface area contributed by atoms with E-state index in [1.807, 2.05) is 19.0 Å². The van der Waals surface area contributed by atoms with E-state index in [0.29, 0.717) is 36.8 Å². The molecule has 8 heteroatoms. The molecule has 0 bridgehead atoms. The van der Waals surface area contributed by atoms with Crippen LogP contribution in [0.15, 0.2) is 24.3 Å². The summed E-state index contributed by atoms with van der Waals surface area (Å²) in [5.41, 5.74) is 0.650. The zero-order valence-corrected chi connectivity index (χ0v) is 15.6. The number of rotatable bonds is 8. The minimum Gasteiger partial charge on any atom is -0.380 e. The number of nitrogens with zero attached hydrogens (tertiary/aromatic N) is 1. The fraction of sp³-hybridized carbons (Fsp3) is 0.625. The summed E-state index contributed by atoms with van der Waals surface area (Å²) in [5, 5.41) is 0.522. The van der Waals surface area contributed by atoms with E-state index in [4.69, 9.17) is 21.1 Å². The number of sulfonamides is 1. The molecule has 1 fully saturated rings. The van der Waals surface area contributed by atoms with E-state index >= 15 is 0 Å². The molecule has 0 amide bonds. The average Bonchev–Trinajstić information content (AvgIpc) is 2.48. The molecule has 1 saturated heterocycles. The van der Waals surface area contributed by atoms with Gasteiger partial charge in [-0.3, -0.25) is 0 Å². The zero-order chi connectivity index (χ0) is 17.6. The Bertz CT molecular complexity index is 624. The number of nitrogens with one attached hydrogen (secondary N) is 1. The molecule has 1 aliphatic heterocycles. The standard InChI is InChI=1S/C16H25ClN2O4S/c1-19(2)7-9-23-16-6-8-22-11-15(16)18-24(20,21)12-13-4-3-5-14(17)10-13/h3-5,10,15-16,18H,6-9,11-12H2,1-2H3/t15-,16+/m1/s1. The third kappa shape index (κ3) is 6.66. The lowest BCUT2D eigenvalue weighted by molar-refractivity contribution is -0.0527. The highest BCUT2D eigenvalue weighted by atomic mass is 35.5. The van der Waals surface area contributed by atoms with Gasteiger partial charge in [0.15, 0.2) is 0 Å². The third-order valence-electron chi connectivity index (χ3n) is 3.74. The van der Waals surface area contributed by atoms with Crippen LogP contribution in [0.1, 0.15) is 12.0 Å². The molecule has 24 heavy (non-hydrogen) atoms. The van der Waals surface area contributed by atoms with Crippen LogP contribution in [-0.4, -0.2) is 65.9 Å². The van der Waals surface area contributed by atoms with Crippen molar-refractivity contribution in [3.05, 3.63) is 34.9 Å². The molecule has 1 aromatic rings. The van der Waals surface area contributed by atoms with Gasteiger partial charge in [-0.25, -0.2) is 13.1 Å². The molecule has 0 aliphatic carbocycles. The lowest BCUT2D eigenvalue weighted by Gasteiger charge is -2.32. The molecule has 0 saturated carbocycles. The molecular formula is C16H25ClN2O4S. The first-order valence-electron chi connectivity index (χ1n) is 7.94. The van der Waals surface area contributed by atoms with E-state index in [2.05, 4.69) is 4.72 Å². The van der Waals surface area contributed by atoms with Crippen molar-refractivity contribution in [3.63, 3.8) is 0 Å². The van der Waals surface area contributed by atoms with Crippen LogP contribution >= 0.6 is 11.6 Å². The predicted molar refractivity (Wildman–Crippen MR) is 94.7 cm³/mol. The summed E-state index contributed by atoms with van der Waals surface area (Å²) in [6.07, 6.45) is 0.505. The quantitative estimate of drug-likeness (QED) is 0.744. The lowest BCUT2D eigenvalue weighted by Crippen LogP contribution is -2.51. The summed E-state index contributed by atoms with van der Waals surface area (Å²) in [6, 6.07) is 6.49. The topological polar surface area (TPSA) is 67.9 Å². The molecule has 136 valence electrons. The number of hydrogen-bond acceptors (Lipinski definition) is 5. The molecule has 2 rings (SSSR count). The maximum Gasteiger partial charge on any atom is 0.216 e. The van der Waals surface area contributed by atoms with Gasteiger partial charge in [-0.05, 0) is 38.2 Å². The van der Waals surface area contributed by atoms with Gasteiger partial charge in [0.1, 0.15) is 0 Å². The van der Waals surface area contributed by atoms with Crippen LogP contribution in [0.2, 0.25) is 5.02 Å². The summed E-state index contributed by atoms with van der Waals surface area (Å²) < 4.78 is 38.9. The first-order valence-corrected chi connectivity index (χ1v) is 9.97. The Kier molecular flexibility index (Phi) is 7.46. The average molecular weight is 377 g/mol. The summed E-state index contributed by atoms with van der Waals surface area (Å²) >= 11 is 5.91. The van der Waals surface area contributed by atoms with Gasteiger partial charge in [0, 0.05) is 18.2 Å². The Morgan fingerprint density at radius 2 is 2.21 bits per heavy atom. The first-order chi connectivity index (χ1) is 11.4. The Balaban J connectivity index is 1.94. The van der Waals surface area contributed by atoms with Crippen molar-refractivity contribution in [2.45, 2.75) is 24.3 Å². The van der Waals surface area contributed by atoms with Crippen molar-refractivity contribution < 1.29 is 17.9 Å². The molecule has 1 heterocycles. The van der Waals surface area contributed by atoms with Crippen molar-refractivity contribution in [2.75, 3.05) is 40.5 Å². The van der Waals surface area contributed by atoms with Gasteiger partial charge in [0.05, 0.1) is 31.1 Å². The molecule has 0 aromatic heterocycles. The molecular weight excluding hydrogens is 352 g/mol. The number of ether oxygens (including phenoxy) is 2. The van der Waals surface area contributed by atoms with Crippen LogP contribution in [0, 0.1) is 0 Å². The van der Waals surface area contributed by atoms with Crippen LogP contribution in [0.5, 0.6) is 0 Å². The highest BCUT2D eigenvalue weighted by Crippen LogP contribution is 2.16. The van der Waals surface area contributed by atoms with Crippen molar-refractivity contribution in [1.29, 1.82) is 0 Å². The van der Waals surface area contributed by atoms with Crippen molar-refractivity contribution >= 4 is 21.6 Å². The van der Waals surface area contributed by atoms with Gasteiger partial charge in [0.25, 0.3) is 0 Å². The third-order valence-corrected chi connectivity index (χ3v) is 5.35. The van der Waals surface area contributed by atoms with Gasteiger partial charge in [0.2, 0.25) is 10.0 Å². The monoisotopic (exact) mass is 376 g/mol. The van der Waals surface area contributed by atoms with Gasteiger partial charge in [-0.15, -0.1) is 0 Å². The van der Waals surface area contributed by atoms with E-state index in [0.717, 1.165) is 6.54 Å². The summed E-state index contributed by atoms with van der Waals surface area (Å²) in [5.74, 6) is -0.117. The Labute approximate surface area is 149 Å². The second-order valence-corrected chi connectivity index (χ2v) is 8.38. The van der Waals surface area contributed by atoms with Crippen LogP contribution in [0.25, 0.3) is 0 Å². The largest absolute Gasteiger partial charge is 0.380 e. The number of hydrogen-bond donors (Lipinski definition) is 1. The summed E-state index contributed by atoms with van der Waals surface area (Å²) in [6.45, 7) is 2.25. The van der Waals surface area contributed by atoms with Crippen LogP contribution < -0.4 is 4.72 Å². The minimum absolute atomic E-state index is 0.117. The van der Waals surface area contributed by atoms with E-state index in [1.165, 1.54) is 0 Å². The Hall–Kier alpha value is -0.700. The lowest BCUT2D eigenvalue weighted by atomic mass is 10.1. The molecule has 2 atom stereocenters. The summed E-state index contributed by atoms with van der Waals surface area (Å²) in [4.78, 5) is 2.03. The number of benzene rings is 1. The van der Waals surface area contributed by atoms with E-state index < -0.39 is 10.0 Å². The number of likely N-dealkylation sites (N-methyl/N-ethyl adjacent to an activating group) is 1. The molecule has 0 spiro atoms.